The molecule has 2 aromatic rings. The van der Waals surface area contributed by atoms with Crippen LogP contribution in [0, 0.1) is 13.8 Å². The molecule has 0 aromatic carbocycles. The molecule has 0 radical (unpaired) electrons. The second kappa shape index (κ2) is 3.83. The van der Waals surface area contributed by atoms with Crippen LogP contribution in [0.5, 0.6) is 0 Å². The number of sulfonamides is 1. The Kier molecular flexibility index (Phi) is 2.64. The van der Waals surface area contributed by atoms with Crippen molar-refractivity contribution in [3.05, 3.63) is 17.8 Å². The fourth-order valence-corrected chi connectivity index (χ4v) is 3.24. The fraction of sp³-hybridized carbons (Fsp3) is 0.286. The number of hydrogen-bond acceptors (Lipinski definition) is 7. The van der Waals surface area contributed by atoms with Crippen LogP contribution in [0.4, 0.5) is 5.13 Å². The fourth-order valence-electron chi connectivity index (χ4n) is 1.24. The van der Waals surface area contributed by atoms with E-state index in [4.69, 9.17) is 4.52 Å². The zero-order valence-corrected chi connectivity index (χ0v) is 10.1. The molecule has 0 aliphatic carbocycles. The monoisotopic (exact) mass is 260 g/mol. The lowest BCUT2D eigenvalue weighted by atomic mass is 10.4. The van der Waals surface area contributed by atoms with Crippen LogP contribution in [0.15, 0.2) is 15.7 Å². The van der Waals surface area contributed by atoms with Crippen molar-refractivity contribution in [3.63, 3.8) is 0 Å². The molecule has 2 rings (SSSR count). The van der Waals surface area contributed by atoms with E-state index in [1.807, 2.05) is 0 Å². The predicted molar refractivity (Wildman–Crippen MR) is 56.7 cm³/mol. The molecule has 1 N–H and O–H groups in total. The molecule has 9 heteroatoms. The van der Waals surface area contributed by atoms with Gasteiger partial charge in [0.15, 0.2) is 10.7 Å². The SMILES string of the molecule is Cc1noc(C)c1S(=O)(=O)Nc1ncns1. The Labute approximate surface area is 95.7 Å². The molecule has 2 heterocycles. The van der Waals surface area contributed by atoms with Gasteiger partial charge in [0.1, 0.15) is 12.0 Å². The van der Waals surface area contributed by atoms with Crippen LogP contribution in [0.3, 0.4) is 0 Å². The number of nitrogens with one attached hydrogen (secondary N) is 1. The Morgan fingerprint density at radius 2 is 2.19 bits per heavy atom. The van der Waals surface area contributed by atoms with Crippen molar-refractivity contribution in [3.8, 4) is 0 Å². The number of rotatable bonds is 3. The highest BCUT2D eigenvalue weighted by molar-refractivity contribution is 7.93. The molecule has 86 valence electrons. The van der Waals surface area contributed by atoms with E-state index in [0.717, 1.165) is 11.5 Å². The number of nitrogens with zero attached hydrogens (tertiary/aromatic N) is 3. The summed E-state index contributed by atoms with van der Waals surface area (Å²) in [6, 6.07) is 0. The van der Waals surface area contributed by atoms with Crippen LogP contribution in [0.2, 0.25) is 0 Å². The van der Waals surface area contributed by atoms with Crippen LogP contribution in [-0.4, -0.2) is 22.9 Å². The lowest BCUT2D eigenvalue weighted by molar-refractivity contribution is 0.390. The molecule has 0 spiro atoms. The predicted octanol–water partition coefficient (Wildman–Crippen LogP) is 0.944. The first-order valence-corrected chi connectivity index (χ1v) is 6.49. The smallest absolute Gasteiger partial charge is 0.269 e. The highest BCUT2D eigenvalue weighted by atomic mass is 32.2. The number of hydrogen-bond donors (Lipinski definition) is 1. The highest BCUT2D eigenvalue weighted by Crippen LogP contribution is 2.22. The topological polar surface area (TPSA) is 98.0 Å². The van der Waals surface area contributed by atoms with Gasteiger partial charge in [0.25, 0.3) is 10.0 Å². The van der Waals surface area contributed by atoms with E-state index >= 15 is 0 Å². The van der Waals surface area contributed by atoms with Crippen LogP contribution < -0.4 is 4.72 Å². The second-order valence-electron chi connectivity index (χ2n) is 3.01. The minimum atomic E-state index is -3.70. The first-order chi connectivity index (χ1) is 7.50. The summed E-state index contributed by atoms with van der Waals surface area (Å²) in [6.07, 6.45) is 1.27. The van der Waals surface area contributed by atoms with Crippen molar-refractivity contribution < 1.29 is 12.9 Å². The van der Waals surface area contributed by atoms with Crippen molar-refractivity contribution in [2.24, 2.45) is 0 Å². The third-order valence-corrected chi connectivity index (χ3v) is 4.11. The maximum absolute atomic E-state index is 11.9. The van der Waals surface area contributed by atoms with E-state index in [1.54, 1.807) is 6.92 Å². The molecule has 0 saturated carbocycles. The van der Waals surface area contributed by atoms with Gasteiger partial charge >= 0.3 is 0 Å². The normalized spacial score (nSPS) is 11.6. The standard InChI is InChI=1S/C7H8N4O3S2/c1-4-6(5(2)14-10-4)16(12,13)11-7-8-3-9-15-7/h3H,1-2H3,(H,8,9,11). The Bertz CT molecular complexity index is 568. The van der Waals surface area contributed by atoms with Gasteiger partial charge in [-0.15, -0.1) is 0 Å². The summed E-state index contributed by atoms with van der Waals surface area (Å²) >= 11 is 0.956. The lowest BCUT2D eigenvalue weighted by Crippen LogP contribution is -2.14. The molecule has 0 amide bonds. The van der Waals surface area contributed by atoms with Crippen LogP contribution in [-0.2, 0) is 10.0 Å². The zero-order chi connectivity index (χ0) is 11.8. The van der Waals surface area contributed by atoms with Crippen molar-refractivity contribution in [1.82, 2.24) is 14.5 Å². The molecule has 0 atom stereocenters. The van der Waals surface area contributed by atoms with E-state index in [9.17, 15) is 8.42 Å². The quantitative estimate of drug-likeness (QED) is 0.882. The third-order valence-electron chi connectivity index (χ3n) is 1.82. The summed E-state index contributed by atoms with van der Waals surface area (Å²) < 4.78 is 34.7. The highest BCUT2D eigenvalue weighted by Gasteiger charge is 2.24. The molecule has 2 aromatic heterocycles. The van der Waals surface area contributed by atoms with Gasteiger partial charge in [0, 0.05) is 11.5 Å². The summed E-state index contributed by atoms with van der Waals surface area (Å²) in [5.74, 6) is 0.245. The molecule has 0 saturated heterocycles. The first-order valence-electron chi connectivity index (χ1n) is 4.23. The lowest BCUT2D eigenvalue weighted by Gasteiger charge is -2.02. The minimum Gasteiger partial charge on any atom is -0.360 e. The molecular weight excluding hydrogens is 252 g/mol. The van der Waals surface area contributed by atoms with E-state index < -0.39 is 10.0 Å². The Hall–Kier alpha value is -1.48. The van der Waals surface area contributed by atoms with Crippen molar-refractivity contribution in [2.45, 2.75) is 18.7 Å². The minimum absolute atomic E-state index is 0.0442. The van der Waals surface area contributed by atoms with Gasteiger partial charge in [0.2, 0.25) is 5.13 Å². The number of aromatic nitrogens is 3. The van der Waals surface area contributed by atoms with Gasteiger partial charge in [-0.05, 0) is 13.8 Å². The van der Waals surface area contributed by atoms with Gasteiger partial charge in [-0.25, -0.2) is 13.4 Å². The molecule has 0 aliphatic heterocycles. The Morgan fingerprint density at radius 1 is 1.44 bits per heavy atom. The number of anilines is 1. The molecule has 16 heavy (non-hydrogen) atoms. The molecule has 0 bridgehead atoms. The largest absolute Gasteiger partial charge is 0.360 e. The number of aryl methyl sites for hydroxylation is 2. The summed E-state index contributed by atoms with van der Waals surface area (Å²) in [5, 5.41) is 3.79. The van der Waals surface area contributed by atoms with Gasteiger partial charge in [0.05, 0.1) is 0 Å². The van der Waals surface area contributed by atoms with E-state index in [-0.39, 0.29) is 15.8 Å². The van der Waals surface area contributed by atoms with E-state index in [1.165, 1.54) is 13.3 Å². The van der Waals surface area contributed by atoms with Crippen molar-refractivity contribution in [2.75, 3.05) is 4.72 Å². The van der Waals surface area contributed by atoms with Crippen LogP contribution >= 0.6 is 11.5 Å². The van der Waals surface area contributed by atoms with Gasteiger partial charge in [-0.1, -0.05) is 5.16 Å². The summed E-state index contributed by atoms with van der Waals surface area (Å²) in [6.45, 7) is 3.10. The molecule has 7 nitrogen and oxygen atoms in total. The molecular formula is C7H8N4O3S2. The zero-order valence-electron chi connectivity index (χ0n) is 8.46. The average molecular weight is 260 g/mol. The maximum Gasteiger partial charge on any atom is 0.269 e. The van der Waals surface area contributed by atoms with Crippen molar-refractivity contribution >= 4 is 26.7 Å². The van der Waals surface area contributed by atoms with Crippen molar-refractivity contribution in [1.29, 1.82) is 0 Å². The van der Waals surface area contributed by atoms with E-state index in [0.29, 0.717) is 5.69 Å². The van der Waals surface area contributed by atoms with Crippen LogP contribution in [0.1, 0.15) is 11.5 Å². The second-order valence-corrected chi connectivity index (χ2v) is 5.40. The van der Waals surface area contributed by atoms with Gasteiger partial charge in [-0.3, -0.25) is 4.72 Å². The summed E-state index contributed by atoms with van der Waals surface area (Å²) in [7, 11) is -3.70. The Balaban J connectivity index is 2.40. The molecule has 0 unspecified atom stereocenters. The molecule has 0 aliphatic rings. The Morgan fingerprint density at radius 3 is 2.69 bits per heavy atom. The summed E-state index contributed by atoms with van der Waals surface area (Å²) in [4.78, 5) is 3.78. The summed E-state index contributed by atoms with van der Waals surface area (Å²) in [5.41, 5.74) is 0.314. The molecule has 0 fully saturated rings. The third kappa shape index (κ3) is 1.91. The van der Waals surface area contributed by atoms with Gasteiger partial charge in [-0.2, -0.15) is 4.37 Å². The van der Waals surface area contributed by atoms with Crippen LogP contribution in [0.25, 0.3) is 0 Å². The maximum atomic E-state index is 11.9. The average Bonchev–Trinajstić information content (AvgIpc) is 2.76. The van der Waals surface area contributed by atoms with E-state index in [2.05, 4.69) is 19.2 Å². The first kappa shape index (κ1) is 11.0. The van der Waals surface area contributed by atoms with Gasteiger partial charge < -0.3 is 4.52 Å².